The number of benzene rings is 2. The smallest absolute Gasteiger partial charge is 0.272 e. The molecule has 0 saturated carbocycles. The summed E-state index contributed by atoms with van der Waals surface area (Å²) in [5, 5.41) is 3.03. The van der Waals surface area contributed by atoms with Crippen LogP contribution in [0.25, 0.3) is 0 Å². The van der Waals surface area contributed by atoms with Gasteiger partial charge in [0, 0.05) is 0 Å². The number of amides is 2. The largest absolute Gasteiger partial charge is 0.368 e. The van der Waals surface area contributed by atoms with E-state index in [4.69, 9.17) is 5.73 Å². The minimum Gasteiger partial charge on any atom is -0.368 e. The van der Waals surface area contributed by atoms with Crippen LogP contribution in [0.1, 0.15) is 35.8 Å². The summed E-state index contributed by atoms with van der Waals surface area (Å²) in [5.74, 6) is -1.12. The maximum atomic E-state index is 13.4. The number of anilines is 1. The van der Waals surface area contributed by atoms with E-state index < -0.39 is 5.91 Å². The summed E-state index contributed by atoms with van der Waals surface area (Å²) in [6, 6.07) is 13.2. The summed E-state index contributed by atoms with van der Waals surface area (Å²) in [5.41, 5.74) is 10.3. The zero-order valence-corrected chi connectivity index (χ0v) is 14.6. The first kappa shape index (κ1) is 17.9. The normalized spacial score (nSPS) is 15.2. The first-order valence-electron chi connectivity index (χ1n) is 8.38. The minimum atomic E-state index is -0.618. The molecule has 2 amide bonds. The fourth-order valence-electron chi connectivity index (χ4n) is 3.21. The van der Waals surface area contributed by atoms with E-state index in [1.165, 1.54) is 17.1 Å². The molecule has 1 aliphatic rings. The number of nitrogens with two attached hydrogens (primary N) is 1. The predicted molar refractivity (Wildman–Crippen MR) is 96.3 cm³/mol. The molecule has 0 fully saturated rings. The Morgan fingerprint density at radius 3 is 2.42 bits per heavy atom. The van der Waals surface area contributed by atoms with Crippen molar-refractivity contribution in [3.05, 3.63) is 65.5 Å². The summed E-state index contributed by atoms with van der Waals surface area (Å²) in [6.07, 6.45) is 0. The van der Waals surface area contributed by atoms with E-state index in [-0.39, 0.29) is 30.2 Å². The fourth-order valence-corrected chi connectivity index (χ4v) is 3.21. The van der Waals surface area contributed by atoms with Gasteiger partial charge in [0.2, 0.25) is 5.91 Å². The molecular weight excluding hydrogens is 335 g/mol. The molecule has 2 aromatic rings. The molecule has 0 radical (unpaired) electrons. The van der Waals surface area contributed by atoms with E-state index in [1.807, 2.05) is 31.0 Å². The van der Waals surface area contributed by atoms with Crippen LogP contribution in [0.15, 0.2) is 48.5 Å². The SMILES string of the molecule is CC(C)C(c1ccc(F)cc1)N1NN(CC(N)=O)C(=O)c2ccccc21. The number of nitrogens with one attached hydrogen (secondary N) is 1. The maximum Gasteiger partial charge on any atom is 0.272 e. The van der Waals surface area contributed by atoms with E-state index in [2.05, 4.69) is 5.53 Å². The lowest BCUT2D eigenvalue weighted by atomic mass is 9.94. The number of carbonyl (C=O) groups is 2. The second-order valence-corrected chi connectivity index (χ2v) is 6.59. The molecule has 1 atom stereocenters. The predicted octanol–water partition coefficient (Wildman–Crippen LogP) is 2.39. The maximum absolute atomic E-state index is 13.4. The van der Waals surface area contributed by atoms with Crippen LogP contribution in [-0.4, -0.2) is 23.4 Å². The van der Waals surface area contributed by atoms with Gasteiger partial charge in [0.1, 0.15) is 12.4 Å². The van der Waals surface area contributed by atoms with E-state index in [1.54, 1.807) is 24.3 Å². The standard InChI is InChI=1S/C19H21FN4O2/c1-12(2)18(13-7-9-14(20)10-8-13)24-16-6-4-3-5-15(16)19(26)23(22-24)11-17(21)25/h3-10,12,18,22H,11H2,1-2H3,(H2,21,25). The van der Waals surface area contributed by atoms with Crippen LogP contribution in [0.2, 0.25) is 0 Å². The molecule has 26 heavy (non-hydrogen) atoms. The Balaban J connectivity index is 2.07. The lowest BCUT2D eigenvalue weighted by molar-refractivity contribution is -0.119. The number of primary amides is 1. The second-order valence-electron chi connectivity index (χ2n) is 6.59. The van der Waals surface area contributed by atoms with Gasteiger partial charge in [-0.1, -0.05) is 38.1 Å². The highest BCUT2D eigenvalue weighted by atomic mass is 19.1. The van der Waals surface area contributed by atoms with Gasteiger partial charge in [-0.2, -0.15) is 0 Å². The third-order valence-electron chi connectivity index (χ3n) is 4.30. The van der Waals surface area contributed by atoms with Crippen molar-refractivity contribution < 1.29 is 14.0 Å². The number of halogens is 1. The molecule has 0 spiro atoms. The number of nitrogens with zero attached hydrogens (tertiary/aromatic N) is 2. The minimum absolute atomic E-state index is 0.129. The third kappa shape index (κ3) is 3.39. The lowest BCUT2D eigenvalue weighted by Gasteiger charge is -2.43. The fraction of sp³-hybridized carbons (Fsp3) is 0.263. The summed E-state index contributed by atoms with van der Waals surface area (Å²) in [7, 11) is 0. The highest BCUT2D eigenvalue weighted by molar-refractivity contribution is 6.02. The highest BCUT2D eigenvalue weighted by Crippen LogP contribution is 2.36. The van der Waals surface area contributed by atoms with Crippen LogP contribution in [0, 0.1) is 11.7 Å². The van der Waals surface area contributed by atoms with Crippen molar-refractivity contribution >= 4 is 17.5 Å². The molecule has 3 N–H and O–H groups in total. The van der Waals surface area contributed by atoms with Crippen molar-refractivity contribution in [3.63, 3.8) is 0 Å². The van der Waals surface area contributed by atoms with Crippen LogP contribution in [-0.2, 0) is 4.79 Å². The van der Waals surface area contributed by atoms with Crippen molar-refractivity contribution in [2.45, 2.75) is 19.9 Å². The van der Waals surface area contributed by atoms with Crippen LogP contribution < -0.4 is 16.3 Å². The van der Waals surface area contributed by atoms with Gasteiger partial charge in [0.15, 0.2) is 0 Å². The van der Waals surface area contributed by atoms with Gasteiger partial charge in [-0.15, -0.1) is 5.53 Å². The Bertz CT molecular complexity index is 823. The number of carbonyl (C=O) groups excluding carboxylic acids is 2. The van der Waals surface area contributed by atoms with Gasteiger partial charge < -0.3 is 5.73 Å². The highest BCUT2D eigenvalue weighted by Gasteiger charge is 2.35. The molecule has 136 valence electrons. The molecule has 6 nitrogen and oxygen atoms in total. The second kappa shape index (κ2) is 7.13. The molecule has 0 bridgehead atoms. The Labute approximate surface area is 151 Å². The molecule has 1 unspecified atom stereocenters. The van der Waals surface area contributed by atoms with Crippen molar-refractivity contribution in [1.29, 1.82) is 0 Å². The molecule has 2 aromatic carbocycles. The van der Waals surface area contributed by atoms with Gasteiger partial charge >= 0.3 is 0 Å². The van der Waals surface area contributed by atoms with Crippen LogP contribution in [0.3, 0.4) is 0 Å². The number of fused-ring (bicyclic) bond motifs is 1. The lowest BCUT2D eigenvalue weighted by Crippen LogP contribution is -2.60. The van der Waals surface area contributed by atoms with Crippen LogP contribution in [0.4, 0.5) is 10.1 Å². The number of rotatable bonds is 5. The summed E-state index contributed by atoms with van der Waals surface area (Å²) in [6.45, 7) is 3.82. The van der Waals surface area contributed by atoms with Crippen molar-refractivity contribution in [2.24, 2.45) is 11.7 Å². The molecule has 0 saturated heterocycles. The summed E-state index contributed by atoms with van der Waals surface area (Å²) >= 11 is 0. The average molecular weight is 356 g/mol. The molecule has 0 aromatic heterocycles. The molecule has 7 heteroatoms. The zero-order valence-electron chi connectivity index (χ0n) is 14.6. The number of hydrogen-bond acceptors (Lipinski definition) is 4. The van der Waals surface area contributed by atoms with Crippen LogP contribution in [0.5, 0.6) is 0 Å². The van der Waals surface area contributed by atoms with E-state index in [0.717, 1.165) is 5.56 Å². The molecular formula is C19H21FN4O2. The van der Waals surface area contributed by atoms with Crippen molar-refractivity contribution in [3.8, 4) is 0 Å². The van der Waals surface area contributed by atoms with E-state index >= 15 is 0 Å². The zero-order chi connectivity index (χ0) is 18.8. The van der Waals surface area contributed by atoms with Crippen LogP contribution >= 0.6 is 0 Å². The van der Waals surface area contributed by atoms with E-state index in [9.17, 15) is 14.0 Å². The first-order chi connectivity index (χ1) is 12.4. The summed E-state index contributed by atoms with van der Waals surface area (Å²) in [4.78, 5) is 24.0. The Kier molecular flexibility index (Phi) is 4.90. The number of para-hydroxylation sites is 1. The average Bonchev–Trinajstić information content (AvgIpc) is 2.60. The van der Waals surface area contributed by atoms with Gasteiger partial charge in [-0.25, -0.2) is 9.40 Å². The van der Waals surface area contributed by atoms with Gasteiger partial charge in [0.25, 0.3) is 5.91 Å². The first-order valence-corrected chi connectivity index (χ1v) is 8.38. The van der Waals surface area contributed by atoms with Gasteiger partial charge in [-0.05, 0) is 35.7 Å². The quantitative estimate of drug-likeness (QED) is 0.862. The molecule has 3 rings (SSSR count). The Morgan fingerprint density at radius 2 is 1.81 bits per heavy atom. The molecule has 0 aliphatic carbocycles. The van der Waals surface area contributed by atoms with Gasteiger partial charge in [-0.3, -0.25) is 14.6 Å². The number of hydrazine groups is 2. The van der Waals surface area contributed by atoms with Gasteiger partial charge in [0.05, 0.1) is 17.3 Å². The van der Waals surface area contributed by atoms with Crippen molar-refractivity contribution in [1.82, 2.24) is 10.5 Å². The third-order valence-corrected chi connectivity index (χ3v) is 4.30. The Morgan fingerprint density at radius 1 is 1.15 bits per heavy atom. The monoisotopic (exact) mass is 356 g/mol. The van der Waals surface area contributed by atoms with Crippen molar-refractivity contribution in [2.75, 3.05) is 11.6 Å². The molecule has 1 heterocycles. The molecule has 1 aliphatic heterocycles. The summed E-state index contributed by atoms with van der Waals surface area (Å²) < 4.78 is 13.4. The Hall–Kier alpha value is -2.93. The van der Waals surface area contributed by atoms with E-state index in [0.29, 0.717) is 11.3 Å². The number of hydrogen-bond donors (Lipinski definition) is 2. The topological polar surface area (TPSA) is 78.7 Å².